The van der Waals surface area contributed by atoms with Gasteiger partial charge in [0.1, 0.15) is 5.82 Å². The van der Waals surface area contributed by atoms with Crippen molar-refractivity contribution in [3.05, 3.63) is 23.9 Å². The van der Waals surface area contributed by atoms with Gasteiger partial charge in [-0.15, -0.1) is 0 Å². The van der Waals surface area contributed by atoms with Gasteiger partial charge in [-0.05, 0) is 31.4 Å². The summed E-state index contributed by atoms with van der Waals surface area (Å²) in [7, 11) is 0. The minimum Gasteiger partial charge on any atom is -0.366 e. The Morgan fingerprint density at radius 1 is 1.26 bits per heavy atom. The number of carbonyl (C=O) groups excluding carboxylic acids is 1. The van der Waals surface area contributed by atoms with Crippen LogP contribution in [0.4, 0.5) is 19.0 Å². The third kappa shape index (κ3) is 4.54. The summed E-state index contributed by atoms with van der Waals surface area (Å²) in [5.74, 6) is 0.807. The van der Waals surface area contributed by atoms with E-state index in [1.165, 1.54) is 6.07 Å². The van der Waals surface area contributed by atoms with Gasteiger partial charge in [-0.1, -0.05) is 13.8 Å². The van der Waals surface area contributed by atoms with E-state index in [9.17, 15) is 18.0 Å². The first-order chi connectivity index (χ1) is 12.8. The topological polar surface area (TPSA) is 48.5 Å². The fraction of sp³-hybridized carbons (Fsp3) is 0.684. The second kappa shape index (κ2) is 8.04. The van der Waals surface area contributed by atoms with E-state index in [1.54, 1.807) is 0 Å². The first kappa shape index (κ1) is 19.9. The smallest absolute Gasteiger partial charge is 0.366 e. The molecule has 0 unspecified atom stereocenters. The summed E-state index contributed by atoms with van der Waals surface area (Å²) < 4.78 is 37.9. The lowest BCUT2D eigenvalue weighted by Gasteiger charge is -2.38. The standard InChI is InChI=1S/C19H27F3N4O/c1-3-13(4-2)18(27)26-8-7-25-11-15(9-16(25)12-26)24-17-6-5-14(10-23-17)19(20,21)22/h5-6,10,13,15-16H,3-4,7-9,11-12H2,1-2H3,(H,23,24)/t15-,16-/m0/s1. The molecule has 2 aliphatic heterocycles. The van der Waals surface area contributed by atoms with Crippen LogP contribution in [-0.2, 0) is 11.0 Å². The Morgan fingerprint density at radius 2 is 2.00 bits per heavy atom. The van der Waals surface area contributed by atoms with Gasteiger partial charge in [-0.3, -0.25) is 9.69 Å². The van der Waals surface area contributed by atoms with Crippen molar-refractivity contribution in [1.29, 1.82) is 0 Å². The second-order valence-electron chi connectivity index (χ2n) is 7.45. The van der Waals surface area contributed by atoms with Gasteiger partial charge in [0.15, 0.2) is 0 Å². The van der Waals surface area contributed by atoms with Crippen molar-refractivity contribution in [3.63, 3.8) is 0 Å². The van der Waals surface area contributed by atoms with Crippen molar-refractivity contribution in [3.8, 4) is 0 Å². The van der Waals surface area contributed by atoms with Gasteiger partial charge >= 0.3 is 6.18 Å². The maximum Gasteiger partial charge on any atom is 0.417 e. The highest BCUT2D eigenvalue weighted by Gasteiger charge is 2.38. The Morgan fingerprint density at radius 3 is 2.59 bits per heavy atom. The monoisotopic (exact) mass is 384 g/mol. The lowest BCUT2D eigenvalue weighted by atomic mass is 10.0. The Kier molecular flexibility index (Phi) is 5.93. The highest BCUT2D eigenvalue weighted by Crippen LogP contribution is 2.30. The van der Waals surface area contributed by atoms with Gasteiger partial charge in [-0.2, -0.15) is 13.2 Å². The van der Waals surface area contributed by atoms with Gasteiger partial charge in [0, 0.05) is 50.4 Å². The zero-order valence-electron chi connectivity index (χ0n) is 15.8. The first-order valence-corrected chi connectivity index (χ1v) is 9.64. The Hall–Kier alpha value is -1.83. The number of aromatic nitrogens is 1. The van der Waals surface area contributed by atoms with Crippen LogP contribution in [0.5, 0.6) is 0 Å². The van der Waals surface area contributed by atoms with E-state index in [0.29, 0.717) is 11.9 Å². The largest absolute Gasteiger partial charge is 0.417 e. The molecule has 1 N–H and O–H groups in total. The van der Waals surface area contributed by atoms with E-state index in [2.05, 4.69) is 29.0 Å². The van der Waals surface area contributed by atoms with Crippen LogP contribution in [0.25, 0.3) is 0 Å². The molecule has 2 fully saturated rings. The van der Waals surface area contributed by atoms with Crippen molar-refractivity contribution >= 4 is 11.7 Å². The van der Waals surface area contributed by atoms with Crippen LogP contribution in [0.2, 0.25) is 0 Å². The van der Waals surface area contributed by atoms with Crippen LogP contribution in [0, 0.1) is 5.92 Å². The first-order valence-electron chi connectivity index (χ1n) is 9.64. The molecule has 27 heavy (non-hydrogen) atoms. The van der Waals surface area contributed by atoms with Gasteiger partial charge < -0.3 is 10.2 Å². The molecular weight excluding hydrogens is 357 g/mol. The van der Waals surface area contributed by atoms with Crippen molar-refractivity contribution in [2.24, 2.45) is 5.92 Å². The number of amides is 1. The molecule has 0 aliphatic carbocycles. The predicted molar refractivity (Wildman–Crippen MR) is 97.3 cm³/mol. The highest BCUT2D eigenvalue weighted by molar-refractivity contribution is 5.79. The number of fused-ring (bicyclic) bond motifs is 1. The van der Waals surface area contributed by atoms with Gasteiger partial charge in [0.05, 0.1) is 5.56 Å². The van der Waals surface area contributed by atoms with Crippen molar-refractivity contribution in [2.75, 3.05) is 31.5 Å². The van der Waals surface area contributed by atoms with E-state index in [-0.39, 0.29) is 17.9 Å². The molecule has 2 saturated heterocycles. The SMILES string of the molecule is CCC(CC)C(=O)N1CCN2C[C@@H](Nc3ccc(C(F)(F)F)cn3)C[C@H]2C1. The predicted octanol–water partition coefficient (Wildman–Crippen LogP) is 3.23. The average Bonchev–Trinajstić information content (AvgIpc) is 3.03. The van der Waals surface area contributed by atoms with Crippen molar-refractivity contribution in [2.45, 2.75) is 51.4 Å². The summed E-state index contributed by atoms with van der Waals surface area (Å²) in [6.07, 6.45) is -0.922. The van der Waals surface area contributed by atoms with Crippen LogP contribution in [0.15, 0.2) is 18.3 Å². The summed E-state index contributed by atoms with van der Waals surface area (Å²) >= 11 is 0. The number of carbonyl (C=O) groups is 1. The fourth-order valence-electron chi connectivity index (χ4n) is 4.10. The fourth-order valence-corrected chi connectivity index (χ4v) is 4.10. The molecule has 2 aliphatic rings. The third-order valence-corrected chi connectivity index (χ3v) is 5.71. The van der Waals surface area contributed by atoms with Crippen LogP contribution in [0.1, 0.15) is 38.7 Å². The van der Waals surface area contributed by atoms with E-state index in [0.717, 1.165) is 57.7 Å². The average molecular weight is 384 g/mol. The zero-order valence-corrected chi connectivity index (χ0v) is 15.8. The number of piperazine rings is 1. The summed E-state index contributed by atoms with van der Waals surface area (Å²) in [6, 6.07) is 2.85. The molecule has 0 radical (unpaired) electrons. The number of rotatable bonds is 5. The van der Waals surface area contributed by atoms with E-state index >= 15 is 0 Å². The molecule has 3 heterocycles. The highest BCUT2D eigenvalue weighted by atomic mass is 19.4. The maximum absolute atomic E-state index is 12.6. The normalized spacial score (nSPS) is 23.6. The molecule has 1 aromatic rings. The third-order valence-electron chi connectivity index (χ3n) is 5.71. The molecule has 8 heteroatoms. The van der Waals surface area contributed by atoms with Crippen molar-refractivity contribution < 1.29 is 18.0 Å². The molecule has 5 nitrogen and oxygen atoms in total. The molecule has 2 atom stereocenters. The number of anilines is 1. The van der Waals surface area contributed by atoms with Crippen LogP contribution >= 0.6 is 0 Å². The van der Waals surface area contributed by atoms with E-state index < -0.39 is 11.7 Å². The van der Waals surface area contributed by atoms with Gasteiger partial charge in [-0.25, -0.2) is 4.98 Å². The lowest BCUT2D eigenvalue weighted by molar-refractivity contribution is -0.138. The number of hydrogen-bond donors (Lipinski definition) is 1. The van der Waals surface area contributed by atoms with Crippen LogP contribution in [-0.4, -0.2) is 59.0 Å². The molecule has 3 rings (SSSR count). The van der Waals surface area contributed by atoms with E-state index in [4.69, 9.17) is 0 Å². The molecule has 0 bridgehead atoms. The summed E-state index contributed by atoms with van der Waals surface area (Å²) in [5.41, 5.74) is -0.743. The molecule has 1 amide bonds. The summed E-state index contributed by atoms with van der Waals surface area (Å²) in [6.45, 7) is 7.24. The van der Waals surface area contributed by atoms with Gasteiger partial charge in [0.2, 0.25) is 5.91 Å². The number of nitrogens with one attached hydrogen (secondary N) is 1. The molecule has 0 aromatic carbocycles. The molecule has 0 saturated carbocycles. The number of halogens is 3. The molecule has 0 spiro atoms. The molecule has 150 valence electrons. The number of nitrogens with zero attached hydrogens (tertiary/aromatic N) is 3. The minimum atomic E-state index is -4.37. The minimum absolute atomic E-state index is 0.100. The molecular formula is C19H27F3N4O. The summed E-state index contributed by atoms with van der Waals surface area (Å²) in [5, 5.41) is 3.24. The van der Waals surface area contributed by atoms with E-state index in [1.807, 2.05) is 4.90 Å². The Labute approximate surface area is 157 Å². The maximum atomic E-state index is 12.6. The quantitative estimate of drug-likeness (QED) is 0.847. The van der Waals surface area contributed by atoms with Gasteiger partial charge in [0.25, 0.3) is 0 Å². The second-order valence-corrected chi connectivity index (χ2v) is 7.45. The number of hydrogen-bond acceptors (Lipinski definition) is 4. The van der Waals surface area contributed by atoms with Crippen molar-refractivity contribution in [1.82, 2.24) is 14.8 Å². The number of pyridine rings is 1. The lowest BCUT2D eigenvalue weighted by Crippen LogP contribution is -2.53. The van der Waals surface area contributed by atoms with Crippen LogP contribution < -0.4 is 5.32 Å². The Bertz CT molecular complexity index is 645. The molecule has 1 aromatic heterocycles. The Balaban J connectivity index is 1.56. The van der Waals surface area contributed by atoms with Crippen LogP contribution in [0.3, 0.4) is 0 Å². The number of alkyl halides is 3. The zero-order chi connectivity index (χ0) is 19.6. The summed E-state index contributed by atoms with van der Waals surface area (Å²) in [4.78, 5) is 20.9.